The fourth-order valence-corrected chi connectivity index (χ4v) is 4.57. The molecular formula is C32H39BrO6. The molecule has 7 heteroatoms. The molecule has 210 valence electrons. The van der Waals surface area contributed by atoms with Crippen molar-refractivity contribution >= 4 is 21.9 Å². The first kappa shape index (κ1) is 30.7. The normalized spacial score (nSPS) is 12.6. The summed E-state index contributed by atoms with van der Waals surface area (Å²) in [6.45, 7) is 12.0. The topological polar surface area (TPSA) is 74.2 Å². The number of halogens is 1. The van der Waals surface area contributed by atoms with Gasteiger partial charge in [0.1, 0.15) is 30.3 Å². The third-order valence-electron chi connectivity index (χ3n) is 5.39. The van der Waals surface area contributed by atoms with Crippen molar-refractivity contribution in [3.05, 3.63) is 93.5 Å². The summed E-state index contributed by atoms with van der Waals surface area (Å²) < 4.78 is 24.3. The monoisotopic (exact) mass is 598 g/mol. The SMILES string of the molecule is CC(C)(C)OC(=O)Cc1ccccc1OCc1cc(Br)cc(COc2ccccc2CC(O)OC(C)(C)C)c1. The summed E-state index contributed by atoms with van der Waals surface area (Å²) >= 11 is 3.59. The van der Waals surface area contributed by atoms with Crippen molar-refractivity contribution in [3.8, 4) is 11.5 Å². The van der Waals surface area contributed by atoms with Crippen LogP contribution in [0.15, 0.2) is 71.2 Å². The quantitative estimate of drug-likeness (QED) is 0.186. The summed E-state index contributed by atoms with van der Waals surface area (Å²) in [7, 11) is 0. The number of aliphatic hydroxyl groups is 1. The van der Waals surface area contributed by atoms with E-state index in [2.05, 4.69) is 15.9 Å². The molecule has 0 fully saturated rings. The van der Waals surface area contributed by atoms with Crippen LogP contribution < -0.4 is 9.47 Å². The molecule has 0 spiro atoms. The lowest BCUT2D eigenvalue weighted by molar-refractivity contribution is -0.164. The summed E-state index contributed by atoms with van der Waals surface area (Å²) in [4.78, 5) is 12.4. The first-order valence-electron chi connectivity index (χ1n) is 13.0. The molecule has 1 unspecified atom stereocenters. The zero-order chi connectivity index (χ0) is 28.6. The van der Waals surface area contributed by atoms with E-state index in [1.54, 1.807) is 0 Å². The number of benzene rings is 3. The van der Waals surface area contributed by atoms with Crippen LogP contribution in [0.3, 0.4) is 0 Å². The van der Waals surface area contributed by atoms with Crippen molar-refractivity contribution in [3.63, 3.8) is 0 Å². The van der Waals surface area contributed by atoms with Gasteiger partial charge >= 0.3 is 5.97 Å². The van der Waals surface area contributed by atoms with E-state index >= 15 is 0 Å². The van der Waals surface area contributed by atoms with Crippen LogP contribution in [0.4, 0.5) is 0 Å². The highest BCUT2D eigenvalue weighted by atomic mass is 79.9. The van der Waals surface area contributed by atoms with E-state index in [0.29, 0.717) is 31.1 Å². The fraction of sp³-hybridized carbons (Fsp3) is 0.406. The van der Waals surface area contributed by atoms with Crippen molar-refractivity contribution in [1.82, 2.24) is 0 Å². The van der Waals surface area contributed by atoms with Gasteiger partial charge in [-0.15, -0.1) is 0 Å². The van der Waals surface area contributed by atoms with Gasteiger partial charge in [-0.2, -0.15) is 0 Å². The summed E-state index contributed by atoms with van der Waals surface area (Å²) in [6.07, 6.45) is -0.462. The van der Waals surface area contributed by atoms with Crippen molar-refractivity contribution in [2.45, 2.75) is 85.1 Å². The second kappa shape index (κ2) is 13.5. The number of rotatable bonds is 11. The summed E-state index contributed by atoms with van der Waals surface area (Å²) in [6, 6.07) is 21.2. The molecule has 0 saturated heterocycles. The van der Waals surface area contributed by atoms with Gasteiger partial charge in [-0.05, 0) is 88.6 Å². The van der Waals surface area contributed by atoms with Gasteiger partial charge in [-0.25, -0.2) is 0 Å². The number of aliphatic hydroxyl groups excluding tert-OH is 1. The molecule has 3 aromatic rings. The largest absolute Gasteiger partial charge is 0.489 e. The number of hydrogen-bond acceptors (Lipinski definition) is 6. The average Bonchev–Trinajstić information content (AvgIpc) is 2.80. The molecule has 1 N–H and O–H groups in total. The average molecular weight is 600 g/mol. The molecule has 3 aromatic carbocycles. The second-order valence-electron chi connectivity index (χ2n) is 11.4. The van der Waals surface area contributed by atoms with Gasteiger partial charge in [0.15, 0.2) is 6.29 Å². The standard InChI is InChI=1S/C32H39BrO6/c1-31(2,3)38-29(34)18-24-11-7-9-13-27(24)36-20-22-15-23(17-26(33)16-22)21-37-28-14-10-8-12-25(28)19-30(35)39-32(4,5)6/h7-17,29,34H,18-21H2,1-6H3. The highest BCUT2D eigenvalue weighted by molar-refractivity contribution is 9.10. The number of para-hydroxylation sites is 2. The lowest BCUT2D eigenvalue weighted by atomic mass is 10.1. The third kappa shape index (κ3) is 11.0. The van der Waals surface area contributed by atoms with Crippen LogP contribution in [0.5, 0.6) is 11.5 Å². The molecule has 0 bridgehead atoms. The predicted octanol–water partition coefficient (Wildman–Crippen LogP) is 7.17. The molecule has 0 radical (unpaired) electrons. The molecule has 0 aliphatic heterocycles. The molecule has 0 heterocycles. The lowest BCUT2D eigenvalue weighted by Crippen LogP contribution is -2.28. The van der Waals surface area contributed by atoms with Gasteiger partial charge in [-0.3, -0.25) is 4.79 Å². The molecule has 6 nitrogen and oxygen atoms in total. The van der Waals surface area contributed by atoms with Gasteiger partial charge in [0.25, 0.3) is 0 Å². The van der Waals surface area contributed by atoms with Crippen LogP contribution in [0.2, 0.25) is 0 Å². The molecule has 39 heavy (non-hydrogen) atoms. The number of carbonyl (C=O) groups is 1. The van der Waals surface area contributed by atoms with Gasteiger partial charge in [0, 0.05) is 16.5 Å². The third-order valence-corrected chi connectivity index (χ3v) is 5.85. The molecule has 0 amide bonds. The smallest absolute Gasteiger partial charge is 0.310 e. The van der Waals surface area contributed by atoms with Crippen LogP contribution in [0, 0.1) is 0 Å². The summed E-state index contributed by atoms with van der Waals surface area (Å²) in [5.74, 6) is 1.05. The fourth-order valence-electron chi connectivity index (χ4n) is 3.98. The van der Waals surface area contributed by atoms with E-state index in [0.717, 1.165) is 26.7 Å². The van der Waals surface area contributed by atoms with E-state index < -0.39 is 17.5 Å². The van der Waals surface area contributed by atoms with Crippen LogP contribution in [0.1, 0.15) is 63.8 Å². The van der Waals surface area contributed by atoms with Crippen LogP contribution in [0.25, 0.3) is 0 Å². The number of carbonyl (C=O) groups excluding carboxylic acids is 1. The van der Waals surface area contributed by atoms with Crippen LogP contribution in [-0.2, 0) is 40.3 Å². The number of hydrogen-bond donors (Lipinski definition) is 1. The summed E-state index contributed by atoms with van der Waals surface area (Å²) in [5, 5.41) is 10.4. The van der Waals surface area contributed by atoms with E-state index in [-0.39, 0.29) is 12.4 Å². The Kier molecular flexibility index (Phi) is 10.6. The van der Waals surface area contributed by atoms with Crippen LogP contribution in [-0.4, -0.2) is 28.6 Å². The summed E-state index contributed by atoms with van der Waals surface area (Å²) in [5.41, 5.74) is 2.58. The Labute approximate surface area is 240 Å². The molecule has 0 saturated carbocycles. The Morgan fingerprint density at radius 1 is 0.795 bits per heavy atom. The number of esters is 1. The van der Waals surface area contributed by atoms with Crippen LogP contribution >= 0.6 is 15.9 Å². The van der Waals surface area contributed by atoms with Gasteiger partial charge in [0.2, 0.25) is 0 Å². The Balaban J connectivity index is 1.65. The lowest BCUT2D eigenvalue weighted by Gasteiger charge is -2.24. The molecule has 1 atom stereocenters. The Bertz CT molecular complexity index is 1240. The van der Waals surface area contributed by atoms with Crippen molar-refractivity contribution in [2.75, 3.05) is 0 Å². The Morgan fingerprint density at radius 2 is 1.31 bits per heavy atom. The highest BCUT2D eigenvalue weighted by Crippen LogP contribution is 2.26. The van der Waals surface area contributed by atoms with Crippen molar-refractivity contribution in [2.24, 2.45) is 0 Å². The molecule has 3 rings (SSSR count). The molecule has 0 aliphatic carbocycles. The van der Waals surface area contributed by atoms with Gasteiger partial charge < -0.3 is 24.1 Å². The minimum atomic E-state index is -0.928. The van der Waals surface area contributed by atoms with Crippen molar-refractivity contribution < 1.29 is 28.8 Å². The maximum atomic E-state index is 12.4. The van der Waals surface area contributed by atoms with E-state index in [1.165, 1.54) is 0 Å². The Hall–Kier alpha value is -2.87. The molecule has 0 aromatic heterocycles. The van der Waals surface area contributed by atoms with E-state index in [1.807, 2.05) is 108 Å². The second-order valence-corrected chi connectivity index (χ2v) is 12.3. The zero-order valence-electron chi connectivity index (χ0n) is 23.6. The first-order valence-corrected chi connectivity index (χ1v) is 13.8. The Morgan fingerprint density at radius 3 is 1.85 bits per heavy atom. The van der Waals surface area contributed by atoms with Gasteiger partial charge in [0.05, 0.1) is 12.0 Å². The zero-order valence-corrected chi connectivity index (χ0v) is 25.2. The van der Waals surface area contributed by atoms with E-state index in [4.69, 9.17) is 18.9 Å². The molecule has 0 aliphatic rings. The van der Waals surface area contributed by atoms with Gasteiger partial charge in [-0.1, -0.05) is 52.3 Å². The van der Waals surface area contributed by atoms with Crippen molar-refractivity contribution in [1.29, 1.82) is 0 Å². The molecular weight excluding hydrogens is 560 g/mol. The first-order chi connectivity index (χ1) is 18.3. The maximum Gasteiger partial charge on any atom is 0.310 e. The predicted molar refractivity (Wildman–Crippen MR) is 156 cm³/mol. The van der Waals surface area contributed by atoms with E-state index in [9.17, 15) is 9.90 Å². The highest BCUT2D eigenvalue weighted by Gasteiger charge is 2.19. The number of ether oxygens (including phenoxy) is 4. The minimum absolute atomic E-state index is 0.139. The minimum Gasteiger partial charge on any atom is -0.489 e. The maximum absolute atomic E-state index is 12.4.